The van der Waals surface area contributed by atoms with Crippen LogP contribution in [0.15, 0.2) is 56.1 Å². The van der Waals surface area contributed by atoms with Crippen LogP contribution in [0.5, 0.6) is 5.75 Å². The summed E-state index contributed by atoms with van der Waals surface area (Å²) < 4.78 is 12.6. The molecule has 2 fully saturated rings. The molecule has 8 heteroatoms. The van der Waals surface area contributed by atoms with Crippen molar-refractivity contribution in [3.05, 3.63) is 74.0 Å². The third-order valence-corrected chi connectivity index (χ3v) is 7.87. The SMILES string of the molecule is Cc1ccc2oc(=O)c(CC(=O)NC3CCN(Cc4ccc(OC5CCNCC5)c(Br)c4)CC3)cc2c1. The number of nitrogens with one attached hydrogen (secondary N) is 2. The van der Waals surface area contributed by atoms with E-state index in [1.165, 1.54) is 5.56 Å². The van der Waals surface area contributed by atoms with Gasteiger partial charge < -0.3 is 19.8 Å². The molecule has 2 saturated heterocycles. The van der Waals surface area contributed by atoms with Gasteiger partial charge in [-0.2, -0.15) is 0 Å². The molecule has 2 aliphatic heterocycles. The van der Waals surface area contributed by atoms with Gasteiger partial charge in [0, 0.05) is 36.6 Å². The molecule has 0 bridgehead atoms. The van der Waals surface area contributed by atoms with E-state index in [-0.39, 0.29) is 24.5 Å². The molecule has 2 aromatic carbocycles. The summed E-state index contributed by atoms with van der Waals surface area (Å²) in [6.07, 6.45) is 4.15. The second kappa shape index (κ2) is 11.8. The second-order valence-corrected chi connectivity index (χ2v) is 11.1. The van der Waals surface area contributed by atoms with Crippen molar-refractivity contribution in [1.82, 2.24) is 15.5 Å². The van der Waals surface area contributed by atoms with Gasteiger partial charge in [-0.05, 0) is 97.5 Å². The van der Waals surface area contributed by atoms with Crippen molar-refractivity contribution in [3.8, 4) is 5.75 Å². The molecule has 0 atom stereocenters. The van der Waals surface area contributed by atoms with Crippen LogP contribution in [0.25, 0.3) is 11.0 Å². The number of rotatable bonds is 7. The standard InChI is InChI=1S/C29H34BrN3O4/c1-19-2-4-26-21(14-19)16-22(29(35)37-26)17-28(34)32-23-8-12-33(13-9-23)18-20-3-5-27(25(30)15-20)36-24-6-10-31-11-7-24/h2-5,14-16,23-24,31H,6-13,17-18H2,1H3,(H,32,34). The Labute approximate surface area is 225 Å². The largest absolute Gasteiger partial charge is 0.489 e. The van der Waals surface area contributed by atoms with E-state index >= 15 is 0 Å². The number of carbonyl (C=O) groups excluding carboxylic acids is 1. The van der Waals surface area contributed by atoms with Crippen molar-refractivity contribution < 1.29 is 13.9 Å². The Hall–Kier alpha value is -2.68. The van der Waals surface area contributed by atoms with Crippen LogP contribution in [-0.2, 0) is 17.8 Å². The fourth-order valence-electron chi connectivity index (χ4n) is 5.19. The average Bonchev–Trinajstić information content (AvgIpc) is 2.88. The molecular formula is C29H34BrN3O4. The van der Waals surface area contributed by atoms with Gasteiger partial charge in [0.05, 0.1) is 10.9 Å². The van der Waals surface area contributed by atoms with Crippen molar-refractivity contribution in [2.24, 2.45) is 0 Å². The van der Waals surface area contributed by atoms with Gasteiger partial charge in [-0.1, -0.05) is 17.7 Å². The number of carbonyl (C=O) groups is 1. The molecule has 37 heavy (non-hydrogen) atoms. The molecule has 3 heterocycles. The molecule has 0 radical (unpaired) electrons. The Morgan fingerprint density at radius 1 is 1.11 bits per heavy atom. The molecule has 196 valence electrons. The van der Waals surface area contributed by atoms with E-state index in [2.05, 4.69) is 49.7 Å². The molecule has 0 spiro atoms. The minimum Gasteiger partial charge on any atom is -0.489 e. The Balaban J connectivity index is 1.10. The van der Waals surface area contributed by atoms with Crippen LogP contribution in [0.1, 0.15) is 42.4 Å². The Morgan fingerprint density at radius 3 is 2.65 bits per heavy atom. The van der Waals surface area contributed by atoms with Gasteiger partial charge in [0.2, 0.25) is 5.91 Å². The normalized spacial score (nSPS) is 17.7. The number of halogens is 1. The van der Waals surface area contributed by atoms with E-state index in [1.807, 2.05) is 19.1 Å². The van der Waals surface area contributed by atoms with Gasteiger partial charge in [0.15, 0.2) is 0 Å². The predicted molar refractivity (Wildman–Crippen MR) is 148 cm³/mol. The van der Waals surface area contributed by atoms with E-state index in [1.54, 1.807) is 12.1 Å². The molecular weight excluding hydrogens is 534 g/mol. The van der Waals surface area contributed by atoms with Gasteiger partial charge >= 0.3 is 5.63 Å². The summed E-state index contributed by atoms with van der Waals surface area (Å²) in [5.41, 5.74) is 2.82. The highest BCUT2D eigenvalue weighted by Gasteiger charge is 2.22. The van der Waals surface area contributed by atoms with E-state index in [9.17, 15) is 9.59 Å². The number of benzene rings is 2. The van der Waals surface area contributed by atoms with Gasteiger partial charge in [0.1, 0.15) is 17.4 Å². The molecule has 2 aliphatic rings. The fraction of sp³-hybridized carbons (Fsp3) is 0.448. The van der Waals surface area contributed by atoms with Crippen LogP contribution in [0.2, 0.25) is 0 Å². The summed E-state index contributed by atoms with van der Waals surface area (Å²) in [6.45, 7) is 6.69. The van der Waals surface area contributed by atoms with Crippen molar-refractivity contribution >= 4 is 32.8 Å². The minimum atomic E-state index is -0.445. The number of amides is 1. The van der Waals surface area contributed by atoms with Crippen LogP contribution >= 0.6 is 15.9 Å². The maximum absolute atomic E-state index is 12.7. The highest BCUT2D eigenvalue weighted by molar-refractivity contribution is 9.10. The van der Waals surface area contributed by atoms with E-state index < -0.39 is 5.63 Å². The molecule has 0 unspecified atom stereocenters. The third kappa shape index (κ3) is 6.80. The molecule has 0 aliphatic carbocycles. The quantitative estimate of drug-likeness (QED) is 0.414. The lowest BCUT2D eigenvalue weighted by Crippen LogP contribution is -2.45. The number of hydrogen-bond donors (Lipinski definition) is 2. The van der Waals surface area contributed by atoms with E-state index in [0.29, 0.717) is 11.1 Å². The maximum Gasteiger partial charge on any atom is 0.339 e. The average molecular weight is 569 g/mol. The molecule has 1 aromatic heterocycles. The predicted octanol–water partition coefficient (Wildman–Crippen LogP) is 4.32. The summed E-state index contributed by atoms with van der Waals surface area (Å²) in [7, 11) is 0. The van der Waals surface area contributed by atoms with Gasteiger partial charge in [-0.3, -0.25) is 9.69 Å². The van der Waals surface area contributed by atoms with Crippen LogP contribution in [0.4, 0.5) is 0 Å². The third-order valence-electron chi connectivity index (χ3n) is 7.25. The lowest BCUT2D eigenvalue weighted by molar-refractivity contribution is -0.121. The number of aryl methyl sites for hydroxylation is 1. The highest BCUT2D eigenvalue weighted by Crippen LogP contribution is 2.29. The van der Waals surface area contributed by atoms with Crippen molar-refractivity contribution in [3.63, 3.8) is 0 Å². The molecule has 2 N–H and O–H groups in total. The molecule has 5 rings (SSSR count). The molecule has 7 nitrogen and oxygen atoms in total. The van der Waals surface area contributed by atoms with Crippen LogP contribution in [-0.4, -0.2) is 49.1 Å². The van der Waals surface area contributed by atoms with Crippen molar-refractivity contribution in [2.45, 2.75) is 57.7 Å². The first-order chi connectivity index (χ1) is 17.9. The molecule has 0 saturated carbocycles. The van der Waals surface area contributed by atoms with Crippen molar-refractivity contribution in [1.29, 1.82) is 0 Å². The number of fused-ring (bicyclic) bond motifs is 1. The first-order valence-corrected chi connectivity index (χ1v) is 13.9. The van der Waals surface area contributed by atoms with Crippen molar-refractivity contribution in [2.75, 3.05) is 26.2 Å². The smallest absolute Gasteiger partial charge is 0.339 e. The monoisotopic (exact) mass is 567 g/mol. The number of hydrogen-bond acceptors (Lipinski definition) is 6. The molecule has 3 aromatic rings. The molecule has 1 amide bonds. The zero-order valence-corrected chi connectivity index (χ0v) is 22.8. The fourth-order valence-corrected chi connectivity index (χ4v) is 5.70. The zero-order chi connectivity index (χ0) is 25.8. The topological polar surface area (TPSA) is 83.8 Å². The summed E-state index contributed by atoms with van der Waals surface area (Å²) in [4.78, 5) is 27.4. The lowest BCUT2D eigenvalue weighted by atomic mass is 10.0. The van der Waals surface area contributed by atoms with E-state index in [0.717, 1.165) is 79.6 Å². The van der Waals surface area contributed by atoms with E-state index in [4.69, 9.17) is 9.15 Å². The Morgan fingerprint density at radius 2 is 1.89 bits per heavy atom. The lowest BCUT2D eigenvalue weighted by Gasteiger charge is -2.32. The summed E-state index contributed by atoms with van der Waals surface area (Å²) in [5.74, 6) is 0.777. The number of piperidine rings is 2. The minimum absolute atomic E-state index is 0.0340. The van der Waals surface area contributed by atoms with Crippen LogP contribution in [0, 0.1) is 6.92 Å². The summed E-state index contributed by atoms with van der Waals surface area (Å²) in [6, 6.07) is 13.9. The first kappa shape index (κ1) is 25.9. The summed E-state index contributed by atoms with van der Waals surface area (Å²) in [5, 5.41) is 7.33. The van der Waals surface area contributed by atoms with Gasteiger partial charge in [-0.15, -0.1) is 0 Å². The zero-order valence-electron chi connectivity index (χ0n) is 21.2. The summed E-state index contributed by atoms with van der Waals surface area (Å²) >= 11 is 3.69. The number of likely N-dealkylation sites (tertiary alicyclic amines) is 1. The van der Waals surface area contributed by atoms with Crippen LogP contribution < -0.4 is 21.0 Å². The van der Waals surface area contributed by atoms with Gasteiger partial charge in [0.25, 0.3) is 0 Å². The number of nitrogens with zero attached hydrogens (tertiary/aromatic N) is 1. The van der Waals surface area contributed by atoms with Crippen LogP contribution in [0.3, 0.4) is 0 Å². The number of ether oxygens (including phenoxy) is 1. The second-order valence-electron chi connectivity index (χ2n) is 10.2. The Kier molecular flexibility index (Phi) is 8.27. The highest BCUT2D eigenvalue weighted by atomic mass is 79.9. The van der Waals surface area contributed by atoms with Gasteiger partial charge in [-0.25, -0.2) is 4.79 Å². The maximum atomic E-state index is 12.7. The Bertz CT molecular complexity index is 1310. The first-order valence-electron chi connectivity index (χ1n) is 13.1.